The Balaban J connectivity index is 1.15. The first-order valence-corrected chi connectivity index (χ1v) is 18.7. The van der Waals surface area contributed by atoms with Crippen LogP contribution in [0.3, 0.4) is 0 Å². The number of phenolic OH excluding ortho intramolecular Hbond substituents is 1. The minimum absolute atomic E-state index is 0.00937. The van der Waals surface area contributed by atoms with Gasteiger partial charge in [-0.1, -0.05) is 37.3 Å². The number of carbonyl (C=O) groups is 1. The number of anilines is 1. The van der Waals surface area contributed by atoms with E-state index < -0.39 is 6.10 Å². The first-order chi connectivity index (χ1) is 22.8. The number of nitrogens with two attached hydrogens (primary N) is 1. The number of thiophene rings is 2. The SMILES string of the molecule is CC#Cc1ccc(-c2ccc(C(=O)C3CCC([C@H](Cc4cc(O)c5c(c4)N[C@@H]([C@H](C)O)C=C5)NC(N)=NC4CCCCC4)CC3)s2)s1. The van der Waals surface area contributed by atoms with Crippen LogP contribution in [0.5, 0.6) is 5.75 Å². The van der Waals surface area contributed by atoms with E-state index in [1.807, 2.05) is 37.3 Å². The predicted molar refractivity (Wildman–Crippen MR) is 195 cm³/mol. The van der Waals surface area contributed by atoms with Crippen molar-refractivity contribution in [3.63, 3.8) is 0 Å². The lowest BCUT2D eigenvalue weighted by atomic mass is 9.75. The normalized spacial score (nSPS) is 22.8. The van der Waals surface area contributed by atoms with E-state index in [4.69, 9.17) is 10.7 Å². The van der Waals surface area contributed by atoms with Crippen LogP contribution in [0.4, 0.5) is 5.69 Å². The van der Waals surface area contributed by atoms with Crippen LogP contribution < -0.4 is 16.4 Å². The third-order valence-electron chi connectivity index (χ3n) is 9.87. The summed E-state index contributed by atoms with van der Waals surface area (Å²) in [6, 6.07) is 12.2. The number of aliphatic hydroxyl groups excluding tert-OH is 1. The number of aliphatic hydroxyl groups is 1. The molecule has 0 unspecified atom stereocenters. The molecule has 2 fully saturated rings. The topological polar surface area (TPSA) is 120 Å². The van der Waals surface area contributed by atoms with Gasteiger partial charge in [-0.15, -0.1) is 28.6 Å². The highest BCUT2D eigenvalue weighted by Gasteiger charge is 2.33. The van der Waals surface area contributed by atoms with Gasteiger partial charge in [0, 0.05) is 33.0 Å². The van der Waals surface area contributed by atoms with Crippen molar-refractivity contribution in [3.05, 3.63) is 63.4 Å². The molecule has 1 aliphatic heterocycles. The number of nitrogens with zero attached hydrogens (tertiary/aromatic N) is 1. The molecular weight excluding hydrogens is 625 g/mol. The number of carbonyl (C=O) groups excluding carboxylic acids is 1. The van der Waals surface area contributed by atoms with Crippen molar-refractivity contribution in [2.75, 3.05) is 5.32 Å². The Morgan fingerprint density at radius 3 is 2.55 bits per heavy atom. The van der Waals surface area contributed by atoms with Crippen LogP contribution in [-0.2, 0) is 6.42 Å². The molecule has 3 atom stereocenters. The molecule has 248 valence electrons. The molecule has 6 N–H and O–H groups in total. The summed E-state index contributed by atoms with van der Waals surface area (Å²) >= 11 is 3.25. The Labute approximate surface area is 286 Å². The molecule has 0 bridgehead atoms. The number of hydrogen-bond donors (Lipinski definition) is 5. The molecule has 0 radical (unpaired) electrons. The Hall–Kier alpha value is -3.58. The molecule has 1 aromatic carbocycles. The second kappa shape index (κ2) is 15.1. The molecule has 47 heavy (non-hydrogen) atoms. The quantitative estimate of drug-likeness (QED) is 0.0693. The molecule has 0 saturated heterocycles. The van der Waals surface area contributed by atoms with Crippen LogP contribution in [-0.4, -0.2) is 46.2 Å². The number of phenols is 1. The molecule has 0 amide bonds. The van der Waals surface area contributed by atoms with Crippen molar-refractivity contribution in [1.82, 2.24) is 5.32 Å². The molecule has 2 aromatic heterocycles. The average Bonchev–Trinajstić information content (AvgIpc) is 3.75. The first-order valence-electron chi connectivity index (χ1n) is 17.0. The van der Waals surface area contributed by atoms with Gasteiger partial charge in [0.05, 0.1) is 27.9 Å². The fourth-order valence-electron chi connectivity index (χ4n) is 7.29. The maximum Gasteiger partial charge on any atom is 0.189 e. The van der Waals surface area contributed by atoms with Gasteiger partial charge in [-0.25, -0.2) is 0 Å². The third kappa shape index (κ3) is 8.11. The van der Waals surface area contributed by atoms with Crippen LogP contribution in [0, 0.1) is 23.7 Å². The number of fused-ring (bicyclic) bond motifs is 1. The van der Waals surface area contributed by atoms with E-state index in [0.29, 0.717) is 18.3 Å². The largest absolute Gasteiger partial charge is 0.507 e. The van der Waals surface area contributed by atoms with E-state index in [1.54, 1.807) is 29.6 Å². The molecule has 7 nitrogen and oxygen atoms in total. The Morgan fingerprint density at radius 2 is 1.81 bits per heavy atom. The summed E-state index contributed by atoms with van der Waals surface area (Å²) in [4.78, 5) is 22.7. The third-order valence-corrected chi connectivity index (χ3v) is 12.2. The maximum atomic E-state index is 13.6. The van der Waals surface area contributed by atoms with Gasteiger partial charge in [0.25, 0.3) is 0 Å². The number of aromatic hydroxyl groups is 1. The van der Waals surface area contributed by atoms with Crippen LogP contribution in [0.15, 0.2) is 47.5 Å². The molecule has 9 heteroatoms. The maximum absolute atomic E-state index is 13.6. The lowest BCUT2D eigenvalue weighted by Crippen LogP contribution is -2.47. The monoisotopic (exact) mass is 670 g/mol. The summed E-state index contributed by atoms with van der Waals surface area (Å²) in [5.41, 5.74) is 9.10. The number of guanidine groups is 1. The molecule has 3 aliphatic rings. The van der Waals surface area contributed by atoms with Gasteiger partial charge in [-0.3, -0.25) is 9.79 Å². The van der Waals surface area contributed by atoms with E-state index in [-0.39, 0.29) is 35.6 Å². The van der Waals surface area contributed by atoms with Gasteiger partial charge in [-0.05, 0) is 107 Å². The molecule has 3 aromatic rings. The summed E-state index contributed by atoms with van der Waals surface area (Å²) in [7, 11) is 0. The highest BCUT2D eigenvalue weighted by Crippen LogP contribution is 2.39. The first kappa shape index (κ1) is 33.3. The highest BCUT2D eigenvalue weighted by molar-refractivity contribution is 7.23. The molecular formula is C38H46N4O3S2. The van der Waals surface area contributed by atoms with Crippen molar-refractivity contribution in [1.29, 1.82) is 0 Å². The smallest absolute Gasteiger partial charge is 0.189 e. The Bertz CT molecular complexity index is 1680. The van der Waals surface area contributed by atoms with E-state index in [1.165, 1.54) is 19.3 Å². The van der Waals surface area contributed by atoms with E-state index >= 15 is 0 Å². The van der Waals surface area contributed by atoms with Crippen molar-refractivity contribution in [3.8, 4) is 27.3 Å². The Kier molecular flexibility index (Phi) is 10.7. The van der Waals surface area contributed by atoms with Crippen LogP contribution >= 0.6 is 22.7 Å². The average molecular weight is 671 g/mol. The number of nitrogens with one attached hydrogen (secondary N) is 2. The minimum Gasteiger partial charge on any atom is -0.507 e. The molecule has 6 rings (SSSR count). The summed E-state index contributed by atoms with van der Waals surface area (Å²) in [6.45, 7) is 3.60. The van der Waals surface area contributed by atoms with Gasteiger partial charge in [0.1, 0.15) is 5.75 Å². The standard InChI is InChI=1S/C38H46N4O3S2/c1-3-7-28-14-17-34(46-28)35-18-19-36(47-35)37(45)26-12-10-25(11-13-26)31(42-38(39)40-27-8-5-4-6-9-27)20-24-21-32-29(33(44)22-24)15-16-30(41-32)23(2)43/h14-19,21-23,25-27,30-31,41,43-44H,4-6,8-13,20H2,1-2H3,(H3,39,40,42)/t23-,25?,26?,30+,31-/m0/s1. The number of aliphatic imine (C=N–C) groups is 1. The van der Waals surface area contributed by atoms with Crippen molar-refractivity contribution < 1.29 is 15.0 Å². The fraction of sp³-hybridized carbons (Fsp3) is 0.474. The van der Waals surface area contributed by atoms with Crippen molar-refractivity contribution in [2.24, 2.45) is 22.6 Å². The van der Waals surface area contributed by atoms with Crippen LogP contribution in [0.1, 0.15) is 97.3 Å². The van der Waals surface area contributed by atoms with E-state index in [9.17, 15) is 15.0 Å². The molecule has 2 saturated carbocycles. The van der Waals surface area contributed by atoms with Gasteiger partial charge < -0.3 is 26.6 Å². The molecule has 3 heterocycles. The molecule has 2 aliphatic carbocycles. The van der Waals surface area contributed by atoms with Crippen molar-refractivity contribution >= 4 is 46.2 Å². The second-order valence-corrected chi connectivity index (χ2v) is 15.5. The van der Waals surface area contributed by atoms with Gasteiger partial charge in [0.2, 0.25) is 0 Å². The van der Waals surface area contributed by atoms with E-state index in [0.717, 1.165) is 74.8 Å². The summed E-state index contributed by atoms with van der Waals surface area (Å²) < 4.78 is 0. The minimum atomic E-state index is -0.557. The zero-order valence-electron chi connectivity index (χ0n) is 27.3. The lowest BCUT2D eigenvalue weighted by molar-refractivity contribution is 0.0867. The zero-order valence-corrected chi connectivity index (χ0v) is 28.9. The van der Waals surface area contributed by atoms with Gasteiger partial charge >= 0.3 is 0 Å². The number of hydrogen-bond acceptors (Lipinski definition) is 7. The van der Waals surface area contributed by atoms with Crippen LogP contribution in [0.25, 0.3) is 15.8 Å². The summed E-state index contributed by atoms with van der Waals surface area (Å²) in [5, 5.41) is 28.0. The number of Topliss-reactive ketones (excluding diaryl/α,β-unsaturated/α-hetero) is 1. The summed E-state index contributed by atoms with van der Waals surface area (Å²) in [5.74, 6) is 7.35. The number of ketones is 1. The van der Waals surface area contributed by atoms with Crippen LogP contribution in [0.2, 0.25) is 0 Å². The van der Waals surface area contributed by atoms with Gasteiger partial charge in [0.15, 0.2) is 11.7 Å². The fourth-order valence-corrected chi connectivity index (χ4v) is 9.32. The predicted octanol–water partition coefficient (Wildman–Crippen LogP) is 7.58. The van der Waals surface area contributed by atoms with Crippen molar-refractivity contribution in [2.45, 2.75) is 102 Å². The summed E-state index contributed by atoms with van der Waals surface area (Å²) in [6.07, 6.45) is 13.2. The molecule has 0 spiro atoms. The lowest BCUT2D eigenvalue weighted by Gasteiger charge is -2.35. The van der Waals surface area contributed by atoms with Gasteiger partial charge in [-0.2, -0.15) is 0 Å². The second-order valence-electron chi connectivity index (χ2n) is 13.3. The number of rotatable bonds is 9. The number of benzene rings is 1. The highest BCUT2D eigenvalue weighted by atomic mass is 32.1. The zero-order chi connectivity index (χ0) is 32.9. The van der Waals surface area contributed by atoms with E-state index in [2.05, 4.69) is 40.7 Å². The Morgan fingerprint density at radius 1 is 1.06 bits per heavy atom.